The average molecular weight is 311 g/mol. The third-order valence-electron chi connectivity index (χ3n) is 4.38. The van der Waals surface area contributed by atoms with Crippen LogP contribution in [0, 0.1) is 0 Å². The van der Waals surface area contributed by atoms with Crippen molar-refractivity contribution in [1.29, 1.82) is 0 Å². The number of likely N-dealkylation sites (N-methyl/N-ethyl adjacent to an activating group) is 1. The highest BCUT2D eigenvalue weighted by atomic mass is 16.5. The maximum Gasteiger partial charge on any atom is 0.130 e. The number of rotatable bonds is 6. The lowest BCUT2D eigenvalue weighted by Gasteiger charge is -2.32. The van der Waals surface area contributed by atoms with Gasteiger partial charge in [0.25, 0.3) is 0 Å². The van der Waals surface area contributed by atoms with E-state index in [1.54, 1.807) is 6.20 Å². The molecular weight excluding hydrogens is 286 g/mol. The Morgan fingerprint density at radius 3 is 2.91 bits per heavy atom. The third kappa shape index (κ3) is 4.53. The lowest BCUT2D eigenvalue weighted by atomic mass is 10.0. The molecular formula is C19H25N3O. The van der Waals surface area contributed by atoms with Crippen LogP contribution in [0.25, 0.3) is 0 Å². The number of likely N-dealkylation sites (tertiary alicyclic amines) is 1. The van der Waals surface area contributed by atoms with E-state index < -0.39 is 0 Å². The van der Waals surface area contributed by atoms with Crippen LogP contribution in [0.3, 0.4) is 0 Å². The topological polar surface area (TPSA) is 37.4 Å². The van der Waals surface area contributed by atoms with Gasteiger partial charge in [-0.1, -0.05) is 24.3 Å². The highest BCUT2D eigenvalue weighted by Crippen LogP contribution is 2.22. The number of para-hydroxylation sites is 1. The molecule has 2 aromatic rings. The number of hydrogen-bond donors (Lipinski definition) is 1. The monoisotopic (exact) mass is 311 g/mol. The summed E-state index contributed by atoms with van der Waals surface area (Å²) in [7, 11) is 2.05. The van der Waals surface area contributed by atoms with Crippen molar-refractivity contribution in [2.45, 2.75) is 32.0 Å². The van der Waals surface area contributed by atoms with E-state index in [9.17, 15) is 0 Å². The van der Waals surface area contributed by atoms with Crippen molar-refractivity contribution in [3.8, 4) is 5.75 Å². The average Bonchev–Trinajstić information content (AvgIpc) is 2.62. The van der Waals surface area contributed by atoms with E-state index in [4.69, 9.17) is 4.74 Å². The highest BCUT2D eigenvalue weighted by molar-refractivity contribution is 5.33. The summed E-state index contributed by atoms with van der Waals surface area (Å²) in [6.45, 7) is 3.71. The first-order valence-corrected chi connectivity index (χ1v) is 8.35. The second-order valence-electron chi connectivity index (χ2n) is 6.08. The van der Waals surface area contributed by atoms with Crippen LogP contribution in [-0.4, -0.2) is 36.1 Å². The molecule has 1 aliphatic rings. The van der Waals surface area contributed by atoms with Gasteiger partial charge in [-0.05, 0) is 44.6 Å². The molecule has 122 valence electrons. The zero-order valence-corrected chi connectivity index (χ0v) is 13.7. The van der Waals surface area contributed by atoms with Crippen LogP contribution < -0.4 is 10.1 Å². The largest absolute Gasteiger partial charge is 0.487 e. The fraction of sp³-hybridized carbons (Fsp3) is 0.421. The molecule has 4 nitrogen and oxygen atoms in total. The standard InChI is InChI=1S/C19H25N3O/c1-20-17-9-6-12-22(14-17)13-16-7-2-3-10-19(16)23-15-18-8-4-5-11-21-18/h2-5,7-8,10-11,17,20H,6,9,12-15H2,1H3. The second kappa shape index (κ2) is 8.09. The number of aromatic nitrogens is 1. The van der Waals surface area contributed by atoms with Crippen molar-refractivity contribution in [3.63, 3.8) is 0 Å². The summed E-state index contributed by atoms with van der Waals surface area (Å²) in [4.78, 5) is 6.82. The predicted octanol–water partition coefficient (Wildman–Crippen LogP) is 2.84. The Hall–Kier alpha value is -1.91. The van der Waals surface area contributed by atoms with Gasteiger partial charge in [-0.2, -0.15) is 0 Å². The van der Waals surface area contributed by atoms with Gasteiger partial charge in [-0.15, -0.1) is 0 Å². The van der Waals surface area contributed by atoms with Crippen molar-refractivity contribution in [1.82, 2.24) is 15.2 Å². The Morgan fingerprint density at radius 2 is 2.09 bits per heavy atom. The quantitative estimate of drug-likeness (QED) is 0.890. The lowest BCUT2D eigenvalue weighted by molar-refractivity contribution is 0.184. The van der Waals surface area contributed by atoms with E-state index in [1.165, 1.54) is 18.4 Å². The number of pyridine rings is 1. The van der Waals surface area contributed by atoms with Crippen molar-refractivity contribution in [3.05, 3.63) is 59.9 Å². The zero-order chi connectivity index (χ0) is 15.9. The van der Waals surface area contributed by atoms with Crippen LogP contribution in [-0.2, 0) is 13.2 Å². The van der Waals surface area contributed by atoms with Crippen LogP contribution >= 0.6 is 0 Å². The second-order valence-corrected chi connectivity index (χ2v) is 6.08. The van der Waals surface area contributed by atoms with Gasteiger partial charge in [0.2, 0.25) is 0 Å². The Bertz CT molecular complexity index is 603. The number of hydrogen-bond acceptors (Lipinski definition) is 4. The predicted molar refractivity (Wildman–Crippen MR) is 92.4 cm³/mol. The molecule has 2 heterocycles. The Labute approximate surface area is 138 Å². The van der Waals surface area contributed by atoms with Gasteiger partial charge in [-0.3, -0.25) is 9.88 Å². The minimum atomic E-state index is 0.511. The molecule has 1 fully saturated rings. The molecule has 0 saturated carbocycles. The van der Waals surface area contributed by atoms with E-state index in [0.29, 0.717) is 12.6 Å². The van der Waals surface area contributed by atoms with Gasteiger partial charge in [0.05, 0.1) is 5.69 Å². The summed E-state index contributed by atoms with van der Waals surface area (Å²) in [6.07, 6.45) is 4.32. The molecule has 1 atom stereocenters. The molecule has 0 bridgehead atoms. The first-order chi connectivity index (χ1) is 11.3. The zero-order valence-electron chi connectivity index (χ0n) is 13.7. The Morgan fingerprint density at radius 1 is 1.22 bits per heavy atom. The van der Waals surface area contributed by atoms with Crippen molar-refractivity contribution in [2.75, 3.05) is 20.1 Å². The fourth-order valence-corrected chi connectivity index (χ4v) is 3.09. The maximum absolute atomic E-state index is 6.01. The van der Waals surface area contributed by atoms with Gasteiger partial charge < -0.3 is 10.1 Å². The Balaban J connectivity index is 1.63. The molecule has 1 aliphatic heterocycles. The van der Waals surface area contributed by atoms with Gasteiger partial charge in [0, 0.05) is 30.9 Å². The summed E-state index contributed by atoms with van der Waals surface area (Å²) >= 11 is 0. The maximum atomic E-state index is 6.01. The van der Waals surface area contributed by atoms with Crippen molar-refractivity contribution in [2.24, 2.45) is 0 Å². The number of benzene rings is 1. The summed E-state index contributed by atoms with van der Waals surface area (Å²) < 4.78 is 6.01. The lowest BCUT2D eigenvalue weighted by Crippen LogP contribution is -2.43. The molecule has 0 radical (unpaired) electrons. The van der Waals surface area contributed by atoms with E-state index in [2.05, 4.69) is 40.4 Å². The van der Waals surface area contributed by atoms with E-state index in [1.807, 2.05) is 24.3 Å². The van der Waals surface area contributed by atoms with Gasteiger partial charge in [0.15, 0.2) is 0 Å². The summed E-state index contributed by atoms with van der Waals surface area (Å²) in [6, 6.07) is 14.8. The molecule has 3 rings (SSSR count). The van der Waals surface area contributed by atoms with Crippen molar-refractivity contribution < 1.29 is 4.74 Å². The van der Waals surface area contributed by atoms with Gasteiger partial charge >= 0.3 is 0 Å². The molecule has 1 aromatic carbocycles. The SMILES string of the molecule is CNC1CCCN(Cc2ccccc2OCc2ccccn2)C1. The van der Waals surface area contributed by atoms with Crippen molar-refractivity contribution >= 4 is 0 Å². The van der Waals surface area contributed by atoms with Crippen LogP contribution in [0.2, 0.25) is 0 Å². The number of ether oxygens (including phenoxy) is 1. The first kappa shape index (κ1) is 16.0. The van der Waals surface area contributed by atoms with Crippen LogP contribution in [0.1, 0.15) is 24.1 Å². The van der Waals surface area contributed by atoms with Gasteiger partial charge in [0.1, 0.15) is 12.4 Å². The summed E-state index contributed by atoms with van der Waals surface area (Å²) in [5.41, 5.74) is 2.20. The molecule has 23 heavy (non-hydrogen) atoms. The number of piperidine rings is 1. The summed E-state index contributed by atoms with van der Waals surface area (Å²) in [5.74, 6) is 0.963. The fourth-order valence-electron chi connectivity index (χ4n) is 3.09. The Kier molecular flexibility index (Phi) is 5.61. The molecule has 1 saturated heterocycles. The molecule has 1 unspecified atom stereocenters. The number of nitrogens with zero attached hydrogens (tertiary/aromatic N) is 2. The molecule has 1 N–H and O–H groups in total. The van der Waals surface area contributed by atoms with E-state index in [-0.39, 0.29) is 0 Å². The molecule has 0 aliphatic carbocycles. The molecule has 0 amide bonds. The first-order valence-electron chi connectivity index (χ1n) is 8.35. The van der Waals surface area contributed by atoms with E-state index in [0.717, 1.165) is 31.1 Å². The molecule has 0 spiro atoms. The van der Waals surface area contributed by atoms with Crippen LogP contribution in [0.4, 0.5) is 0 Å². The highest BCUT2D eigenvalue weighted by Gasteiger charge is 2.19. The third-order valence-corrected chi connectivity index (χ3v) is 4.38. The normalized spacial score (nSPS) is 18.7. The number of nitrogens with one attached hydrogen (secondary N) is 1. The minimum absolute atomic E-state index is 0.511. The van der Waals surface area contributed by atoms with Crippen LogP contribution in [0.5, 0.6) is 5.75 Å². The molecule has 4 heteroatoms. The minimum Gasteiger partial charge on any atom is -0.487 e. The van der Waals surface area contributed by atoms with Crippen LogP contribution in [0.15, 0.2) is 48.7 Å². The molecule has 1 aromatic heterocycles. The van der Waals surface area contributed by atoms with E-state index >= 15 is 0 Å². The smallest absolute Gasteiger partial charge is 0.130 e. The summed E-state index contributed by atoms with van der Waals surface area (Å²) in [5, 5.41) is 3.40. The van der Waals surface area contributed by atoms with Gasteiger partial charge in [-0.25, -0.2) is 0 Å².